The van der Waals surface area contributed by atoms with Crippen LogP contribution in [0.15, 0.2) is 0 Å². The lowest BCUT2D eigenvalue weighted by atomic mass is 9.84. The van der Waals surface area contributed by atoms with Crippen LogP contribution < -0.4 is 5.32 Å². The number of amides is 2. The van der Waals surface area contributed by atoms with Gasteiger partial charge in [0.05, 0.1) is 27.1 Å². The van der Waals surface area contributed by atoms with Crippen molar-refractivity contribution in [2.75, 3.05) is 6.61 Å². The molecule has 15 nitrogen and oxygen atoms in total. The Bertz CT molecular complexity index is 1490. The molecule has 0 radical (unpaired) electrons. The van der Waals surface area contributed by atoms with E-state index in [1.54, 1.807) is 125 Å². The Labute approximate surface area is 352 Å². The third-order valence-corrected chi connectivity index (χ3v) is 9.92. The van der Waals surface area contributed by atoms with E-state index in [1.807, 2.05) is 0 Å². The molecule has 2 N–H and O–H groups in total. The predicted molar refractivity (Wildman–Crippen MR) is 220 cm³/mol. The topological polar surface area (TPSA) is 201 Å². The van der Waals surface area contributed by atoms with Crippen LogP contribution in [-0.2, 0) is 57.2 Å². The van der Waals surface area contributed by atoms with Crippen molar-refractivity contribution in [1.82, 2.24) is 10.2 Å². The SMILES string of the molecule is CC(C)[C@H](C(=O)NC(C)(C)C)N(C=O)[C@@H]1O[C@H](COC(=O)C(C)(C)CCCCCC(C)(C)C(=O)O)[C@H](OC(=O)C(C)(C)C)[C@H](OC(=O)C(C)(C)C)[C@H]1OC(=O)C(C)(C)C. The van der Waals surface area contributed by atoms with Crippen molar-refractivity contribution in [2.24, 2.45) is 33.0 Å². The molecule has 59 heavy (non-hydrogen) atoms. The standard InChI is InChI=1S/C44H76N2O13/c1-26(2)28(32(48)45-42(12,13)14)46(25-47)33-31(59-37(53)41(9,10)11)30(58-36(52)40(6,7)8)29(57-35(51)39(3,4)5)27(56-33)24-55-38(54)44(17,18)23-21-19-20-22-43(15,16)34(49)50/h25-31,33H,19-24H2,1-18H3,(H,45,48)(H,49,50)/t27-,28-,29+,30+,31-,33-/m1/s1. The number of hydrogen-bond acceptors (Lipinski definition) is 12. The van der Waals surface area contributed by atoms with Gasteiger partial charge in [-0.3, -0.25) is 33.6 Å². The summed E-state index contributed by atoms with van der Waals surface area (Å²) in [7, 11) is 0. The van der Waals surface area contributed by atoms with Gasteiger partial charge in [-0.15, -0.1) is 0 Å². The number of hydrogen-bond donors (Lipinski definition) is 2. The van der Waals surface area contributed by atoms with Gasteiger partial charge in [0.25, 0.3) is 0 Å². The Morgan fingerprint density at radius 3 is 1.46 bits per heavy atom. The van der Waals surface area contributed by atoms with Gasteiger partial charge in [0, 0.05) is 5.54 Å². The molecule has 0 aliphatic carbocycles. The molecule has 1 aliphatic rings. The van der Waals surface area contributed by atoms with Crippen molar-refractivity contribution in [3.63, 3.8) is 0 Å². The van der Waals surface area contributed by atoms with Crippen LogP contribution in [0.4, 0.5) is 0 Å². The second-order valence-electron chi connectivity index (χ2n) is 21.6. The fourth-order valence-corrected chi connectivity index (χ4v) is 5.95. The van der Waals surface area contributed by atoms with E-state index in [2.05, 4.69) is 5.32 Å². The Balaban J connectivity index is 3.93. The fourth-order valence-electron chi connectivity index (χ4n) is 5.95. The van der Waals surface area contributed by atoms with Gasteiger partial charge in [0.2, 0.25) is 12.3 Å². The second kappa shape index (κ2) is 20.2. The van der Waals surface area contributed by atoms with E-state index in [1.165, 1.54) is 0 Å². The van der Waals surface area contributed by atoms with Gasteiger partial charge >= 0.3 is 29.8 Å². The maximum absolute atomic E-state index is 13.9. The summed E-state index contributed by atoms with van der Waals surface area (Å²) in [5.74, 6) is -4.82. The average Bonchev–Trinajstić information content (AvgIpc) is 3.04. The zero-order valence-corrected chi connectivity index (χ0v) is 39.2. The van der Waals surface area contributed by atoms with Gasteiger partial charge in [-0.1, -0.05) is 33.1 Å². The highest BCUT2D eigenvalue weighted by atomic mass is 16.7. The van der Waals surface area contributed by atoms with Crippen LogP contribution in [0.2, 0.25) is 0 Å². The first-order valence-corrected chi connectivity index (χ1v) is 20.7. The Morgan fingerprint density at radius 1 is 0.644 bits per heavy atom. The zero-order valence-electron chi connectivity index (χ0n) is 39.2. The third kappa shape index (κ3) is 16.0. The largest absolute Gasteiger partial charge is 0.481 e. The summed E-state index contributed by atoms with van der Waals surface area (Å²) in [5.41, 5.74) is -5.90. The maximum Gasteiger partial charge on any atom is 0.311 e. The van der Waals surface area contributed by atoms with Crippen LogP contribution in [0.5, 0.6) is 0 Å². The van der Waals surface area contributed by atoms with Crippen LogP contribution in [0, 0.1) is 33.0 Å². The highest BCUT2D eigenvalue weighted by molar-refractivity contribution is 5.85. The smallest absolute Gasteiger partial charge is 0.311 e. The molecule has 1 heterocycles. The number of carboxylic acids is 1. The lowest BCUT2D eigenvalue weighted by Gasteiger charge is -2.49. The second-order valence-corrected chi connectivity index (χ2v) is 21.6. The van der Waals surface area contributed by atoms with Crippen LogP contribution >= 0.6 is 0 Å². The normalized spacial score (nSPS) is 21.2. The van der Waals surface area contributed by atoms with E-state index >= 15 is 0 Å². The Hall–Kier alpha value is -3.75. The van der Waals surface area contributed by atoms with Gasteiger partial charge < -0.3 is 39.0 Å². The highest BCUT2D eigenvalue weighted by Crippen LogP contribution is 2.37. The van der Waals surface area contributed by atoms with E-state index in [4.69, 9.17) is 23.7 Å². The van der Waals surface area contributed by atoms with Gasteiger partial charge in [-0.25, -0.2) is 0 Å². The first kappa shape index (κ1) is 53.3. The van der Waals surface area contributed by atoms with E-state index in [9.17, 15) is 38.7 Å². The summed E-state index contributed by atoms with van der Waals surface area (Å²) in [6.07, 6.45) is -4.61. The van der Waals surface area contributed by atoms with Gasteiger partial charge in [0.15, 0.2) is 24.5 Å². The predicted octanol–water partition coefficient (Wildman–Crippen LogP) is 6.61. The monoisotopic (exact) mass is 841 g/mol. The summed E-state index contributed by atoms with van der Waals surface area (Å²) in [5, 5.41) is 12.3. The van der Waals surface area contributed by atoms with Crippen molar-refractivity contribution in [2.45, 2.75) is 199 Å². The summed E-state index contributed by atoms with van der Waals surface area (Å²) in [6, 6.07) is -1.21. The molecule has 0 bridgehead atoms. The first-order chi connectivity index (χ1) is 26.5. The molecule has 0 saturated carbocycles. The number of rotatable bonds is 18. The molecule has 1 fully saturated rings. The number of aliphatic carboxylic acids is 1. The minimum absolute atomic E-state index is 0.392. The molecule has 1 saturated heterocycles. The molecule has 1 rings (SSSR count). The molecule has 0 aromatic heterocycles. The van der Waals surface area contributed by atoms with Crippen molar-refractivity contribution >= 4 is 42.2 Å². The molecule has 0 aromatic carbocycles. The molecule has 6 atom stereocenters. The van der Waals surface area contributed by atoms with Crippen LogP contribution in [-0.4, -0.2) is 101 Å². The molecular formula is C44H76N2O13. The molecule has 1 aliphatic heterocycles. The number of carboxylic acid groups (broad SMARTS) is 1. The van der Waals surface area contributed by atoms with Crippen molar-refractivity contribution < 1.29 is 62.4 Å². The Kier molecular flexibility index (Phi) is 18.2. The fraction of sp³-hybridized carbons (Fsp3) is 0.841. The number of unbranched alkanes of at least 4 members (excludes halogenated alkanes) is 2. The number of esters is 4. The Morgan fingerprint density at radius 2 is 1.07 bits per heavy atom. The van der Waals surface area contributed by atoms with Crippen molar-refractivity contribution in [3.05, 3.63) is 0 Å². The summed E-state index contributed by atoms with van der Waals surface area (Å²) in [6.45, 7) is 29.5. The zero-order chi connectivity index (χ0) is 46.3. The van der Waals surface area contributed by atoms with Crippen LogP contribution in [0.3, 0.4) is 0 Å². The highest BCUT2D eigenvalue weighted by Gasteiger charge is 2.57. The minimum Gasteiger partial charge on any atom is -0.481 e. The van der Waals surface area contributed by atoms with Gasteiger partial charge in [-0.05, 0) is 130 Å². The number of nitrogens with one attached hydrogen (secondary N) is 1. The summed E-state index contributed by atoms with van der Waals surface area (Å²) in [4.78, 5) is 94.8. The third-order valence-electron chi connectivity index (χ3n) is 9.92. The van der Waals surface area contributed by atoms with E-state index in [0.717, 1.165) is 4.90 Å². The number of carbonyl (C=O) groups is 7. The number of carbonyl (C=O) groups excluding carboxylic acids is 6. The quantitative estimate of drug-likeness (QED) is 0.0647. The maximum atomic E-state index is 13.9. The molecule has 0 unspecified atom stereocenters. The van der Waals surface area contributed by atoms with E-state index in [0.29, 0.717) is 38.5 Å². The van der Waals surface area contributed by atoms with Crippen molar-refractivity contribution in [3.8, 4) is 0 Å². The molecular weight excluding hydrogens is 764 g/mol. The lowest BCUT2D eigenvalue weighted by molar-refractivity contribution is -0.283. The van der Waals surface area contributed by atoms with Gasteiger partial charge in [-0.2, -0.15) is 0 Å². The molecule has 340 valence electrons. The first-order valence-electron chi connectivity index (χ1n) is 20.7. The van der Waals surface area contributed by atoms with Gasteiger partial charge in [0.1, 0.15) is 18.8 Å². The molecule has 15 heteroatoms. The van der Waals surface area contributed by atoms with E-state index < -0.39 is 118 Å². The van der Waals surface area contributed by atoms with Crippen molar-refractivity contribution in [1.29, 1.82) is 0 Å². The van der Waals surface area contributed by atoms with Crippen LogP contribution in [0.25, 0.3) is 0 Å². The van der Waals surface area contributed by atoms with E-state index in [-0.39, 0.29) is 0 Å². The number of nitrogens with zero attached hydrogens (tertiary/aromatic N) is 1. The summed E-state index contributed by atoms with van der Waals surface area (Å²) < 4.78 is 30.8. The van der Waals surface area contributed by atoms with Crippen LogP contribution in [0.1, 0.15) is 157 Å². The lowest BCUT2D eigenvalue weighted by Crippen LogP contribution is -2.69. The minimum atomic E-state index is -1.64. The molecule has 0 spiro atoms. The molecule has 0 aromatic rings. The average molecular weight is 841 g/mol. The number of ether oxygens (including phenoxy) is 5. The summed E-state index contributed by atoms with van der Waals surface area (Å²) >= 11 is 0. The molecule has 2 amide bonds.